The number of rotatable bonds is 4. The van der Waals surface area contributed by atoms with Gasteiger partial charge in [-0.25, -0.2) is 0 Å². The third kappa shape index (κ3) is 10.6. The van der Waals surface area contributed by atoms with Gasteiger partial charge in [-0.3, -0.25) is 0 Å². The van der Waals surface area contributed by atoms with Crippen molar-refractivity contribution in [3.8, 4) is 0 Å². The Labute approximate surface area is 282 Å². The van der Waals surface area contributed by atoms with Gasteiger partial charge in [0.25, 0.3) is 0 Å². The molecule has 7 heteroatoms. The molecule has 222 valence electrons. The van der Waals surface area contributed by atoms with Crippen molar-refractivity contribution in [2.75, 3.05) is 0 Å². The number of hydrogen-bond donors (Lipinski definition) is 0. The maximum absolute atomic E-state index is 3.38. The minimum absolute atomic E-state index is 0. The molecular formula is C33H52Cl2Si4Zr-4. The molecule has 0 amide bonds. The van der Waals surface area contributed by atoms with Gasteiger partial charge >= 0.3 is 26.2 Å². The summed E-state index contributed by atoms with van der Waals surface area (Å²) in [6, 6.07) is 23.3. The fourth-order valence-electron chi connectivity index (χ4n) is 5.09. The molecule has 0 unspecified atom stereocenters. The van der Waals surface area contributed by atoms with Gasteiger partial charge in [0, 0.05) is 16.1 Å². The summed E-state index contributed by atoms with van der Waals surface area (Å²) in [5, 5.41) is 12.5. The van der Waals surface area contributed by atoms with Gasteiger partial charge in [-0.05, 0) is 0 Å². The van der Waals surface area contributed by atoms with E-state index in [9.17, 15) is 0 Å². The second-order valence-electron chi connectivity index (χ2n) is 14.4. The number of benzene rings is 2. The molecule has 0 aromatic heterocycles. The fourth-order valence-corrected chi connectivity index (χ4v) is 11.5. The molecule has 40 heavy (non-hydrogen) atoms. The van der Waals surface area contributed by atoms with Gasteiger partial charge in [-0.15, -0.1) is 66.6 Å². The van der Waals surface area contributed by atoms with Crippen molar-refractivity contribution in [3.05, 3.63) is 74.5 Å². The van der Waals surface area contributed by atoms with Crippen LogP contribution in [0, 0.1) is 13.8 Å². The summed E-state index contributed by atoms with van der Waals surface area (Å²) in [4.78, 5) is 0. The molecule has 0 aliphatic carbocycles. The molecule has 0 saturated heterocycles. The topological polar surface area (TPSA) is 0 Å². The molecule has 0 aliphatic rings. The van der Waals surface area contributed by atoms with Crippen molar-refractivity contribution in [2.45, 2.75) is 85.0 Å². The molecule has 0 bridgehead atoms. The van der Waals surface area contributed by atoms with E-state index in [2.05, 4.69) is 153 Å². The van der Waals surface area contributed by atoms with E-state index in [0.29, 0.717) is 0 Å². The van der Waals surface area contributed by atoms with Crippen molar-refractivity contribution in [2.24, 2.45) is 0 Å². The maximum Gasteiger partial charge on any atom is 2.00 e. The zero-order valence-corrected chi connectivity index (χ0v) is 35.1. The first-order chi connectivity index (χ1) is 16.8. The van der Waals surface area contributed by atoms with E-state index in [1.54, 1.807) is 20.7 Å². The average Bonchev–Trinajstić information content (AvgIpc) is 3.40. The van der Waals surface area contributed by atoms with E-state index in [1.165, 1.54) is 21.5 Å². The van der Waals surface area contributed by atoms with Gasteiger partial charge in [0.05, 0.1) is 16.1 Å². The summed E-state index contributed by atoms with van der Waals surface area (Å²) in [7, 11) is -4.91. The van der Waals surface area contributed by atoms with Gasteiger partial charge in [-0.1, -0.05) is 90.7 Å². The first-order valence-electron chi connectivity index (χ1n) is 13.8. The molecular weight excluding hydrogens is 671 g/mol. The second-order valence-corrected chi connectivity index (χ2v) is 34.5. The molecule has 0 atom stereocenters. The quantitative estimate of drug-likeness (QED) is 0.225. The normalized spacial score (nSPS) is 11.8. The minimum Gasteiger partial charge on any atom is -1.00 e. The van der Waals surface area contributed by atoms with Crippen molar-refractivity contribution in [3.63, 3.8) is 0 Å². The third-order valence-electron chi connectivity index (χ3n) is 6.86. The molecule has 4 aromatic rings. The van der Waals surface area contributed by atoms with Crippen LogP contribution in [0.1, 0.15) is 6.42 Å². The van der Waals surface area contributed by atoms with Crippen LogP contribution < -0.4 is 45.6 Å². The first kappa shape index (κ1) is 42.1. The van der Waals surface area contributed by atoms with Crippen LogP contribution in [0.25, 0.3) is 21.5 Å². The third-order valence-corrected chi connectivity index (χ3v) is 15.1. The minimum atomic E-state index is -1.23. The van der Waals surface area contributed by atoms with Gasteiger partial charge in [-0.2, -0.15) is 24.3 Å². The Morgan fingerprint density at radius 1 is 0.475 bits per heavy atom. The van der Waals surface area contributed by atoms with Crippen molar-refractivity contribution in [1.29, 1.82) is 0 Å². The average molecular weight is 723 g/mol. The SMILES string of the molecule is C[Si](C)(C)c1ccc([Si](C)(C)C)c2[cH-]ccc12.C[Si](C)(C)c1ccc([Si](C)(C)C)c2[cH-]ccc12.[CH2-]C[CH2-].[Cl-].[Cl-].[Zr+2]. The number of fused-ring (bicyclic) bond motifs is 2. The molecule has 0 heterocycles. The van der Waals surface area contributed by atoms with Crippen LogP contribution in [0.2, 0.25) is 78.6 Å². The molecule has 4 rings (SSSR count). The maximum atomic E-state index is 3.38. The zero-order chi connectivity index (χ0) is 28.4. The van der Waals surface area contributed by atoms with Crippen LogP contribution in [0.4, 0.5) is 0 Å². The van der Waals surface area contributed by atoms with Crippen LogP contribution in [0.5, 0.6) is 0 Å². The standard InChI is InChI=1S/2C15H23Si2.C3H6.2ClH.Zr/c2*1-16(2,3)14-10-11-15(17(4,5)6)13-9-7-8-12(13)14;1-3-2;;;/h2*7-11H,1-6H3;1-3H2;2*1H;/q2*-1;-2;;;+2/p-2. The van der Waals surface area contributed by atoms with Crippen molar-refractivity contribution >= 4 is 74.6 Å². The predicted octanol–water partition coefficient (Wildman–Crippen LogP) is 2.35. The molecule has 0 N–H and O–H groups in total. The number of halogens is 2. The van der Waals surface area contributed by atoms with E-state index < -0.39 is 32.3 Å². The van der Waals surface area contributed by atoms with E-state index in [4.69, 9.17) is 0 Å². The van der Waals surface area contributed by atoms with Gasteiger partial charge < -0.3 is 45.1 Å². The van der Waals surface area contributed by atoms with Crippen molar-refractivity contribution < 1.29 is 51.0 Å². The van der Waals surface area contributed by atoms with E-state index >= 15 is 0 Å². The smallest absolute Gasteiger partial charge is 1.00 e. The van der Waals surface area contributed by atoms with Crippen LogP contribution in [-0.2, 0) is 26.2 Å². The van der Waals surface area contributed by atoms with Gasteiger partial charge in [0.2, 0.25) is 0 Å². The van der Waals surface area contributed by atoms with Crippen LogP contribution in [0.15, 0.2) is 60.7 Å². The Hall–Kier alpha value is -0.00935. The predicted molar refractivity (Wildman–Crippen MR) is 186 cm³/mol. The molecule has 4 aromatic carbocycles. The van der Waals surface area contributed by atoms with E-state index in [1.807, 2.05) is 0 Å². The Bertz CT molecular complexity index is 1110. The van der Waals surface area contributed by atoms with E-state index in [-0.39, 0.29) is 51.0 Å². The summed E-state index contributed by atoms with van der Waals surface area (Å²) in [5.74, 6) is 0. The Morgan fingerprint density at radius 3 is 0.925 bits per heavy atom. The fraction of sp³-hybridized carbons (Fsp3) is 0.394. The Balaban J connectivity index is 0. The van der Waals surface area contributed by atoms with E-state index in [0.717, 1.165) is 6.42 Å². The van der Waals surface area contributed by atoms with Crippen LogP contribution in [-0.4, -0.2) is 32.3 Å². The Morgan fingerprint density at radius 2 is 0.700 bits per heavy atom. The van der Waals surface area contributed by atoms with Crippen molar-refractivity contribution in [1.82, 2.24) is 0 Å². The molecule has 0 saturated carbocycles. The second kappa shape index (κ2) is 16.2. The zero-order valence-electron chi connectivity index (χ0n) is 27.2. The summed E-state index contributed by atoms with van der Waals surface area (Å²) in [6.07, 6.45) is 0.750. The molecule has 0 fully saturated rings. The monoisotopic (exact) mass is 720 g/mol. The Kier molecular flexibility index (Phi) is 17.0. The summed E-state index contributed by atoms with van der Waals surface area (Å²) in [5.41, 5.74) is 0. The number of hydrogen-bond acceptors (Lipinski definition) is 0. The molecule has 0 aliphatic heterocycles. The summed E-state index contributed by atoms with van der Waals surface area (Å²) in [6.45, 7) is 36.0. The summed E-state index contributed by atoms with van der Waals surface area (Å²) >= 11 is 0. The summed E-state index contributed by atoms with van der Waals surface area (Å²) < 4.78 is 0. The first-order valence-corrected chi connectivity index (χ1v) is 27.8. The molecule has 0 radical (unpaired) electrons. The van der Waals surface area contributed by atoms with Crippen LogP contribution in [0.3, 0.4) is 0 Å². The molecule has 0 nitrogen and oxygen atoms in total. The molecule has 0 spiro atoms. The largest absolute Gasteiger partial charge is 2.00 e. The van der Waals surface area contributed by atoms with Gasteiger partial charge in [0.15, 0.2) is 0 Å². The van der Waals surface area contributed by atoms with Crippen LogP contribution >= 0.6 is 0 Å². The van der Waals surface area contributed by atoms with Gasteiger partial charge in [0.1, 0.15) is 0 Å².